The summed E-state index contributed by atoms with van der Waals surface area (Å²) in [7, 11) is 1.84. The Labute approximate surface area is 73.6 Å². The van der Waals surface area contributed by atoms with Crippen molar-refractivity contribution in [2.24, 2.45) is 0 Å². The van der Waals surface area contributed by atoms with E-state index in [0.717, 1.165) is 12.0 Å². The molecule has 0 radical (unpaired) electrons. The van der Waals surface area contributed by atoms with Crippen LogP contribution in [0.5, 0.6) is 0 Å². The Morgan fingerprint density at radius 2 is 1.67 bits per heavy atom. The Morgan fingerprint density at radius 3 is 2.00 bits per heavy atom. The first kappa shape index (κ1) is 10.7. The third-order valence-corrected chi connectivity index (χ3v) is 1.34. The van der Waals surface area contributed by atoms with Gasteiger partial charge in [-0.1, -0.05) is 13.8 Å². The van der Waals surface area contributed by atoms with Crippen LogP contribution < -0.4 is 5.32 Å². The molecule has 0 amide bonds. The third kappa shape index (κ3) is 3.19. The number of rotatable bonds is 2. The molecule has 2 nitrogen and oxygen atoms in total. The van der Waals surface area contributed by atoms with Crippen LogP contribution >= 0.6 is 0 Å². The van der Waals surface area contributed by atoms with Crippen LogP contribution in [-0.4, -0.2) is 13.3 Å². The van der Waals surface area contributed by atoms with Gasteiger partial charge >= 0.3 is 0 Å². The summed E-state index contributed by atoms with van der Waals surface area (Å²) in [6.45, 7) is 4.00. The molecule has 0 saturated carbocycles. The molecule has 0 bridgehead atoms. The number of nitrogens with one attached hydrogen (secondary N) is 1. The first-order valence-electron chi connectivity index (χ1n) is 4.10. The average Bonchev–Trinajstić information content (AvgIpc) is 2.21. The molecule has 1 rings (SSSR count). The first-order chi connectivity index (χ1) is 5.86. The fraction of sp³-hybridized carbons (Fsp3) is 0.300. The van der Waals surface area contributed by atoms with Crippen molar-refractivity contribution in [3.05, 3.63) is 29.8 Å². The van der Waals surface area contributed by atoms with Gasteiger partial charge in [0.1, 0.15) is 6.29 Å². The summed E-state index contributed by atoms with van der Waals surface area (Å²) in [5.41, 5.74) is 1.73. The number of carbonyl (C=O) groups excluding carboxylic acids is 1. The van der Waals surface area contributed by atoms with Gasteiger partial charge in [0.25, 0.3) is 0 Å². The van der Waals surface area contributed by atoms with Gasteiger partial charge in [0.2, 0.25) is 0 Å². The Bertz CT molecular complexity index is 216. The van der Waals surface area contributed by atoms with Crippen LogP contribution in [0, 0.1) is 0 Å². The number of benzene rings is 1. The summed E-state index contributed by atoms with van der Waals surface area (Å²) in [5.74, 6) is 0. The van der Waals surface area contributed by atoms with Crippen molar-refractivity contribution >= 4 is 12.0 Å². The Kier molecular flexibility index (Phi) is 5.70. The molecule has 1 N–H and O–H groups in total. The van der Waals surface area contributed by atoms with Crippen molar-refractivity contribution < 1.29 is 4.79 Å². The molecule has 1 aromatic rings. The fourth-order valence-corrected chi connectivity index (χ4v) is 0.728. The fourth-order valence-electron chi connectivity index (χ4n) is 0.728. The minimum atomic E-state index is 0.707. The summed E-state index contributed by atoms with van der Waals surface area (Å²) < 4.78 is 0. The SMILES string of the molecule is CC.CNc1ccc(C=O)cc1. The van der Waals surface area contributed by atoms with Crippen molar-refractivity contribution in [3.63, 3.8) is 0 Å². The molecular weight excluding hydrogens is 150 g/mol. The van der Waals surface area contributed by atoms with Crippen molar-refractivity contribution in [3.8, 4) is 0 Å². The summed E-state index contributed by atoms with van der Waals surface area (Å²) >= 11 is 0. The maximum absolute atomic E-state index is 10.2. The smallest absolute Gasteiger partial charge is 0.150 e. The van der Waals surface area contributed by atoms with Gasteiger partial charge in [-0.2, -0.15) is 0 Å². The zero-order valence-electron chi connectivity index (χ0n) is 7.79. The number of anilines is 1. The van der Waals surface area contributed by atoms with E-state index < -0.39 is 0 Å². The molecule has 0 atom stereocenters. The second-order valence-corrected chi connectivity index (χ2v) is 1.99. The van der Waals surface area contributed by atoms with Gasteiger partial charge in [-0.3, -0.25) is 4.79 Å². The van der Waals surface area contributed by atoms with E-state index in [1.54, 1.807) is 12.1 Å². The molecule has 66 valence electrons. The predicted molar refractivity (Wildman–Crippen MR) is 52.7 cm³/mol. The van der Waals surface area contributed by atoms with E-state index in [1.807, 2.05) is 33.0 Å². The van der Waals surface area contributed by atoms with Gasteiger partial charge in [-0.05, 0) is 24.3 Å². The number of aldehydes is 1. The van der Waals surface area contributed by atoms with Gasteiger partial charge in [0.15, 0.2) is 0 Å². The maximum Gasteiger partial charge on any atom is 0.150 e. The van der Waals surface area contributed by atoms with E-state index in [9.17, 15) is 4.79 Å². The van der Waals surface area contributed by atoms with Crippen LogP contribution in [0.4, 0.5) is 5.69 Å². The number of hydrogen-bond acceptors (Lipinski definition) is 2. The molecule has 12 heavy (non-hydrogen) atoms. The van der Waals surface area contributed by atoms with Crippen molar-refractivity contribution in [2.45, 2.75) is 13.8 Å². The van der Waals surface area contributed by atoms with Crippen molar-refractivity contribution in [2.75, 3.05) is 12.4 Å². The lowest BCUT2D eigenvalue weighted by molar-refractivity contribution is 0.112. The molecule has 0 fully saturated rings. The van der Waals surface area contributed by atoms with Gasteiger partial charge in [0, 0.05) is 18.3 Å². The largest absolute Gasteiger partial charge is 0.388 e. The molecule has 1 aromatic carbocycles. The topological polar surface area (TPSA) is 29.1 Å². The molecule has 0 aromatic heterocycles. The summed E-state index contributed by atoms with van der Waals surface area (Å²) in [4.78, 5) is 10.2. The predicted octanol–water partition coefficient (Wildman–Crippen LogP) is 2.57. The zero-order chi connectivity index (χ0) is 9.40. The highest BCUT2D eigenvalue weighted by molar-refractivity contribution is 5.75. The molecule has 0 spiro atoms. The lowest BCUT2D eigenvalue weighted by Crippen LogP contribution is -1.87. The monoisotopic (exact) mass is 165 g/mol. The van der Waals surface area contributed by atoms with E-state index in [4.69, 9.17) is 0 Å². The highest BCUT2D eigenvalue weighted by Crippen LogP contribution is 2.05. The van der Waals surface area contributed by atoms with Crippen LogP contribution in [0.15, 0.2) is 24.3 Å². The molecule has 2 heteroatoms. The number of carbonyl (C=O) groups is 1. The van der Waals surface area contributed by atoms with E-state index >= 15 is 0 Å². The highest BCUT2D eigenvalue weighted by Gasteiger charge is 1.87. The van der Waals surface area contributed by atoms with Crippen LogP contribution in [-0.2, 0) is 0 Å². The van der Waals surface area contributed by atoms with E-state index in [0.29, 0.717) is 5.56 Å². The van der Waals surface area contributed by atoms with Crippen LogP contribution in [0.2, 0.25) is 0 Å². The molecule has 0 aliphatic carbocycles. The Hall–Kier alpha value is -1.31. The summed E-state index contributed by atoms with van der Waals surface area (Å²) in [6, 6.07) is 7.28. The van der Waals surface area contributed by atoms with Crippen molar-refractivity contribution in [1.29, 1.82) is 0 Å². The second-order valence-electron chi connectivity index (χ2n) is 1.99. The lowest BCUT2D eigenvalue weighted by atomic mass is 10.2. The molecule has 0 aliphatic rings. The van der Waals surface area contributed by atoms with Gasteiger partial charge in [-0.25, -0.2) is 0 Å². The minimum Gasteiger partial charge on any atom is -0.388 e. The second kappa shape index (κ2) is 6.40. The van der Waals surface area contributed by atoms with Gasteiger partial charge in [0.05, 0.1) is 0 Å². The van der Waals surface area contributed by atoms with E-state index in [1.165, 1.54) is 0 Å². The molecular formula is C10H15NO. The van der Waals surface area contributed by atoms with Crippen LogP contribution in [0.3, 0.4) is 0 Å². The average molecular weight is 165 g/mol. The van der Waals surface area contributed by atoms with E-state index in [2.05, 4.69) is 5.32 Å². The molecule has 0 heterocycles. The molecule has 0 saturated heterocycles. The van der Waals surface area contributed by atoms with Crippen molar-refractivity contribution in [1.82, 2.24) is 0 Å². The maximum atomic E-state index is 10.2. The number of hydrogen-bond donors (Lipinski definition) is 1. The summed E-state index contributed by atoms with van der Waals surface area (Å²) in [6.07, 6.45) is 0.833. The summed E-state index contributed by atoms with van der Waals surface area (Å²) in [5, 5.41) is 2.96. The highest BCUT2D eigenvalue weighted by atomic mass is 16.1. The van der Waals surface area contributed by atoms with Gasteiger partial charge < -0.3 is 5.32 Å². The standard InChI is InChI=1S/C8H9NO.C2H6/c1-9-8-4-2-7(6-10)3-5-8;1-2/h2-6,9H,1H3;1-2H3. The minimum absolute atomic E-state index is 0.707. The zero-order valence-corrected chi connectivity index (χ0v) is 7.79. The Balaban J connectivity index is 0.000000561. The van der Waals surface area contributed by atoms with Gasteiger partial charge in [-0.15, -0.1) is 0 Å². The third-order valence-electron chi connectivity index (χ3n) is 1.34. The molecule has 0 unspecified atom stereocenters. The quantitative estimate of drug-likeness (QED) is 0.682. The van der Waals surface area contributed by atoms with E-state index in [-0.39, 0.29) is 0 Å². The van der Waals surface area contributed by atoms with Crippen LogP contribution in [0.25, 0.3) is 0 Å². The lowest BCUT2D eigenvalue weighted by Gasteiger charge is -1.97. The first-order valence-corrected chi connectivity index (χ1v) is 4.10. The van der Waals surface area contributed by atoms with Crippen LogP contribution in [0.1, 0.15) is 24.2 Å². The normalized spacial score (nSPS) is 7.92. The Morgan fingerprint density at radius 1 is 1.17 bits per heavy atom. The molecule has 0 aliphatic heterocycles.